The van der Waals surface area contributed by atoms with Gasteiger partial charge in [0.2, 0.25) is 0 Å². The van der Waals surface area contributed by atoms with Gasteiger partial charge in [0.15, 0.2) is 6.61 Å². The fourth-order valence-electron chi connectivity index (χ4n) is 2.49. The molecule has 0 unspecified atom stereocenters. The monoisotopic (exact) mass is 435 g/mol. The van der Waals surface area contributed by atoms with Gasteiger partial charge in [0.1, 0.15) is 16.5 Å². The summed E-state index contributed by atoms with van der Waals surface area (Å²) in [4.78, 5) is 36.8. The maximum atomic E-state index is 12.1. The van der Waals surface area contributed by atoms with Crippen molar-refractivity contribution in [3.63, 3.8) is 0 Å². The summed E-state index contributed by atoms with van der Waals surface area (Å²) in [6.07, 6.45) is -0.00881. The number of rotatable bonds is 10. The van der Waals surface area contributed by atoms with Crippen LogP contribution in [0.5, 0.6) is 11.5 Å². The molecule has 30 heavy (non-hydrogen) atoms. The van der Waals surface area contributed by atoms with E-state index in [4.69, 9.17) is 18.9 Å². The Hall–Kier alpha value is -3.07. The van der Waals surface area contributed by atoms with Gasteiger partial charge in [-0.3, -0.25) is 9.59 Å². The van der Waals surface area contributed by atoms with E-state index < -0.39 is 24.5 Å². The number of carbonyl (C=O) groups is 3. The molecule has 1 heterocycles. The summed E-state index contributed by atoms with van der Waals surface area (Å²) < 4.78 is 20.5. The van der Waals surface area contributed by atoms with E-state index in [9.17, 15) is 14.4 Å². The molecule has 8 nitrogen and oxygen atoms in total. The number of aryl methyl sites for hydroxylation is 1. The first-order valence-electron chi connectivity index (χ1n) is 9.35. The van der Waals surface area contributed by atoms with Gasteiger partial charge < -0.3 is 24.3 Å². The van der Waals surface area contributed by atoms with Crippen molar-refractivity contribution >= 4 is 34.2 Å². The first-order chi connectivity index (χ1) is 14.3. The zero-order chi connectivity index (χ0) is 22.1. The number of esters is 2. The van der Waals surface area contributed by atoms with Crippen molar-refractivity contribution in [2.45, 2.75) is 27.2 Å². The fourth-order valence-corrected chi connectivity index (χ4v) is 3.56. The van der Waals surface area contributed by atoms with Gasteiger partial charge in [-0.2, -0.15) is 0 Å². The molecule has 0 spiro atoms. The molecule has 2 aromatic rings. The summed E-state index contributed by atoms with van der Waals surface area (Å²) in [5.41, 5.74) is 1.05. The van der Waals surface area contributed by atoms with Crippen LogP contribution in [-0.4, -0.2) is 44.8 Å². The van der Waals surface area contributed by atoms with E-state index in [1.165, 1.54) is 18.4 Å². The lowest BCUT2D eigenvalue weighted by Gasteiger charge is -2.09. The van der Waals surface area contributed by atoms with Gasteiger partial charge in [-0.25, -0.2) is 4.79 Å². The Balaban J connectivity index is 1.76. The minimum absolute atomic E-state index is 0.00881. The van der Waals surface area contributed by atoms with Crippen molar-refractivity contribution in [3.05, 3.63) is 40.3 Å². The maximum Gasteiger partial charge on any atom is 0.341 e. The van der Waals surface area contributed by atoms with Crippen LogP contribution in [0.15, 0.2) is 24.3 Å². The SMILES string of the molecule is CCOc1ccc(OCCC(=O)OCC(=O)Nc2sc(C)c(C)c2C(=O)OC)cc1. The van der Waals surface area contributed by atoms with Crippen molar-refractivity contribution in [2.75, 3.05) is 32.2 Å². The number of benzene rings is 1. The number of methoxy groups -OCH3 is 1. The van der Waals surface area contributed by atoms with Crippen LogP contribution in [0.3, 0.4) is 0 Å². The van der Waals surface area contributed by atoms with E-state index in [1.807, 2.05) is 13.8 Å². The van der Waals surface area contributed by atoms with Crippen LogP contribution in [0.1, 0.15) is 34.1 Å². The van der Waals surface area contributed by atoms with Gasteiger partial charge in [-0.05, 0) is 50.6 Å². The van der Waals surface area contributed by atoms with Crippen LogP contribution in [-0.2, 0) is 19.1 Å². The van der Waals surface area contributed by atoms with E-state index in [2.05, 4.69) is 5.32 Å². The summed E-state index contributed by atoms with van der Waals surface area (Å²) in [6.45, 7) is 5.75. The van der Waals surface area contributed by atoms with Gasteiger partial charge in [0.25, 0.3) is 5.91 Å². The lowest BCUT2D eigenvalue weighted by molar-refractivity contribution is -0.147. The zero-order valence-corrected chi connectivity index (χ0v) is 18.2. The van der Waals surface area contributed by atoms with Crippen molar-refractivity contribution in [1.29, 1.82) is 0 Å². The van der Waals surface area contributed by atoms with Gasteiger partial charge in [0, 0.05) is 4.88 Å². The fraction of sp³-hybridized carbons (Fsp3) is 0.381. The van der Waals surface area contributed by atoms with Crippen LogP contribution in [0, 0.1) is 13.8 Å². The second kappa shape index (κ2) is 11.2. The first kappa shape index (κ1) is 23.2. The zero-order valence-electron chi connectivity index (χ0n) is 17.4. The molecule has 0 fully saturated rings. The molecule has 0 bridgehead atoms. The molecule has 2 rings (SSSR count). The van der Waals surface area contributed by atoms with Crippen LogP contribution in [0.2, 0.25) is 0 Å². The molecule has 0 atom stereocenters. The predicted molar refractivity (Wildman–Crippen MR) is 112 cm³/mol. The Kier molecular flexibility index (Phi) is 8.67. The number of hydrogen-bond acceptors (Lipinski definition) is 8. The van der Waals surface area contributed by atoms with Crippen molar-refractivity contribution in [1.82, 2.24) is 0 Å². The number of hydrogen-bond donors (Lipinski definition) is 1. The number of thiophene rings is 1. The van der Waals surface area contributed by atoms with Gasteiger partial charge in [-0.1, -0.05) is 0 Å². The molecule has 1 amide bonds. The molecule has 1 aromatic carbocycles. The van der Waals surface area contributed by atoms with Crippen LogP contribution in [0.4, 0.5) is 5.00 Å². The molecule has 0 aliphatic rings. The molecule has 0 radical (unpaired) electrons. The van der Waals surface area contributed by atoms with Crippen LogP contribution in [0.25, 0.3) is 0 Å². The highest BCUT2D eigenvalue weighted by atomic mass is 32.1. The molecule has 0 aliphatic carbocycles. The van der Waals surface area contributed by atoms with E-state index in [-0.39, 0.29) is 13.0 Å². The summed E-state index contributed by atoms with van der Waals surface area (Å²) in [6, 6.07) is 7.04. The van der Waals surface area contributed by atoms with Gasteiger partial charge in [-0.15, -0.1) is 11.3 Å². The van der Waals surface area contributed by atoms with Gasteiger partial charge in [0.05, 0.1) is 32.3 Å². The minimum Gasteiger partial charge on any atom is -0.494 e. The average molecular weight is 435 g/mol. The molecule has 162 valence electrons. The second-order valence-corrected chi connectivity index (χ2v) is 7.42. The van der Waals surface area contributed by atoms with E-state index in [0.717, 1.165) is 16.2 Å². The molecule has 0 saturated carbocycles. The Labute approximate surface area is 179 Å². The molecule has 0 aliphatic heterocycles. The number of amides is 1. The van der Waals surface area contributed by atoms with Crippen LogP contribution >= 0.6 is 11.3 Å². The molecule has 0 saturated heterocycles. The number of carbonyl (C=O) groups excluding carboxylic acids is 3. The second-order valence-electron chi connectivity index (χ2n) is 6.19. The lowest BCUT2D eigenvalue weighted by Crippen LogP contribution is -2.22. The third kappa shape index (κ3) is 6.48. The van der Waals surface area contributed by atoms with E-state index in [1.54, 1.807) is 31.2 Å². The Morgan fingerprint density at radius 1 is 1.03 bits per heavy atom. The third-order valence-electron chi connectivity index (χ3n) is 4.10. The Morgan fingerprint density at radius 3 is 2.27 bits per heavy atom. The first-order valence-corrected chi connectivity index (χ1v) is 10.2. The molecule has 1 aromatic heterocycles. The van der Waals surface area contributed by atoms with Crippen molar-refractivity contribution in [3.8, 4) is 11.5 Å². The standard InChI is InChI=1S/C21H25NO7S/c1-5-27-15-6-8-16(9-7-15)28-11-10-18(24)29-12-17(23)22-20-19(21(25)26-4)13(2)14(3)30-20/h6-9H,5,10-12H2,1-4H3,(H,22,23). The quantitative estimate of drug-likeness (QED) is 0.570. The summed E-state index contributed by atoms with van der Waals surface area (Å²) in [7, 11) is 1.28. The summed E-state index contributed by atoms with van der Waals surface area (Å²) in [5, 5.41) is 2.97. The smallest absolute Gasteiger partial charge is 0.341 e. The molecule has 9 heteroatoms. The Bertz CT molecular complexity index is 890. The predicted octanol–water partition coefficient (Wildman–Crippen LogP) is 3.50. The maximum absolute atomic E-state index is 12.1. The highest BCUT2D eigenvalue weighted by molar-refractivity contribution is 7.16. The van der Waals surface area contributed by atoms with Gasteiger partial charge >= 0.3 is 11.9 Å². The Morgan fingerprint density at radius 2 is 1.67 bits per heavy atom. The van der Waals surface area contributed by atoms with Crippen LogP contribution < -0.4 is 14.8 Å². The molecular weight excluding hydrogens is 410 g/mol. The minimum atomic E-state index is -0.567. The van der Waals surface area contributed by atoms with E-state index in [0.29, 0.717) is 22.9 Å². The normalized spacial score (nSPS) is 10.3. The molecule has 1 N–H and O–H groups in total. The topological polar surface area (TPSA) is 100 Å². The van der Waals surface area contributed by atoms with E-state index >= 15 is 0 Å². The third-order valence-corrected chi connectivity index (χ3v) is 5.22. The van der Waals surface area contributed by atoms with Crippen molar-refractivity contribution in [2.24, 2.45) is 0 Å². The number of nitrogens with one attached hydrogen (secondary N) is 1. The summed E-state index contributed by atoms with van der Waals surface area (Å²) >= 11 is 1.26. The van der Waals surface area contributed by atoms with Crippen molar-refractivity contribution < 1.29 is 33.3 Å². The molecular formula is C21H25NO7S. The number of ether oxygens (including phenoxy) is 4. The highest BCUT2D eigenvalue weighted by Gasteiger charge is 2.21. The summed E-state index contributed by atoms with van der Waals surface area (Å²) in [5.74, 6) is -0.301. The highest BCUT2D eigenvalue weighted by Crippen LogP contribution is 2.32. The lowest BCUT2D eigenvalue weighted by atomic mass is 10.1. The number of anilines is 1. The largest absolute Gasteiger partial charge is 0.494 e. The average Bonchev–Trinajstić information content (AvgIpc) is 3.00.